The molecule has 0 N–H and O–H groups in total. The molecule has 2 aromatic rings. The molecule has 20 heavy (non-hydrogen) atoms. The molecule has 0 radical (unpaired) electrons. The second-order valence-corrected chi connectivity index (χ2v) is 7.29. The van der Waals surface area contributed by atoms with Gasteiger partial charge < -0.3 is 4.42 Å². The number of hydrogen-bond donors (Lipinski definition) is 0. The predicted octanol–water partition coefficient (Wildman–Crippen LogP) is 6.12. The third-order valence-electron chi connectivity index (χ3n) is 5.15. The van der Waals surface area contributed by atoms with Crippen LogP contribution in [0.4, 0.5) is 0 Å². The predicted molar refractivity (Wildman–Crippen MR) is 87.6 cm³/mol. The van der Waals surface area contributed by atoms with Gasteiger partial charge in [-0.15, -0.1) is 0 Å². The van der Waals surface area contributed by atoms with Gasteiger partial charge in [0.2, 0.25) is 0 Å². The monoisotopic (exact) mass is 272 g/mol. The summed E-state index contributed by atoms with van der Waals surface area (Å²) < 4.78 is 5.87. The van der Waals surface area contributed by atoms with Crippen LogP contribution in [0.5, 0.6) is 0 Å². The number of furan rings is 1. The molecule has 0 saturated heterocycles. The highest BCUT2D eigenvalue weighted by Gasteiger charge is 2.27. The van der Waals surface area contributed by atoms with Gasteiger partial charge in [0.1, 0.15) is 5.58 Å². The largest absolute Gasteiger partial charge is 0.464 e. The van der Waals surface area contributed by atoms with Crippen LogP contribution in [0.15, 0.2) is 22.8 Å². The van der Waals surface area contributed by atoms with Crippen molar-refractivity contribution >= 4 is 11.0 Å². The van der Waals surface area contributed by atoms with Gasteiger partial charge in [0.15, 0.2) is 0 Å². The molecular weight excluding hydrogens is 244 g/mol. The lowest BCUT2D eigenvalue weighted by Crippen LogP contribution is -2.20. The highest BCUT2D eigenvalue weighted by Crippen LogP contribution is 2.39. The van der Waals surface area contributed by atoms with E-state index in [1.165, 1.54) is 22.1 Å². The molecule has 1 aromatic heterocycles. The lowest BCUT2D eigenvalue weighted by atomic mass is 9.75. The molecule has 0 aliphatic heterocycles. The number of aryl methyl sites for hydroxylation is 1. The van der Waals surface area contributed by atoms with E-state index in [1.54, 1.807) is 0 Å². The van der Waals surface area contributed by atoms with Gasteiger partial charge in [-0.25, -0.2) is 0 Å². The first kappa shape index (κ1) is 15.2. The van der Waals surface area contributed by atoms with Crippen molar-refractivity contribution < 1.29 is 4.42 Å². The minimum absolute atomic E-state index is 0.141. The fraction of sp³-hybridized carbons (Fsp3) is 0.579. The van der Waals surface area contributed by atoms with E-state index in [4.69, 9.17) is 4.42 Å². The van der Waals surface area contributed by atoms with E-state index in [9.17, 15) is 0 Å². The molecule has 0 bridgehead atoms. The molecule has 0 amide bonds. The minimum Gasteiger partial charge on any atom is -0.464 e. The third-order valence-corrected chi connectivity index (χ3v) is 5.15. The Balaban J connectivity index is 2.79. The molecule has 0 unspecified atom stereocenters. The van der Waals surface area contributed by atoms with Crippen LogP contribution in [0, 0.1) is 6.92 Å². The molecule has 1 heteroatoms. The molecule has 0 fully saturated rings. The summed E-state index contributed by atoms with van der Waals surface area (Å²) in [5, 5.41) is 1.28. The Bertz CT molecular complexity index is 614. The van der Waals surface area contributed by atoms with E-state index in [1.807, 2.05) is 6.26 Å². The zero-order valence-corrected chi connectivity index (χ0v) is 14.1. The second kappa shape index (κ2) is 4.95. The molecule has 0 aliphatic rings. The zero-order chi connectivity index (χ0) is 15.1. The minimum atomic E-state index is 0.141. The van der Waals surface area contributed by atoms with Crippen LogP contribution < -0.4 is 0 Å². The van der Waals surface area contributed by atoms with Crippen molar-refractivity contribution in [2.24, 2.45) is 0 Å². The van der Waals surface area contributed by atoms with Gasteiger partial charge in [-0.2, -0.15) is 0 Å². The van der Waals surface area contributed by atoms with Crippen LogP contribution in [-0.2, 0) is 10.8 Å². The Morgan fingerprint density at radius 2 is 1.55 bits per heavy atom. The second-order valence-electron chi connectivity index (χ2n) is 7.29. The molecular formula is C19H28O. The first-order chi connectivity index (χ1) is 9.23. The van der Waals surface area contributed by atoms with E-state index in [0.29, 0.717) is 0 Å². The molecule has 1 heterocycles. The average Bonchev–Trinajstić information content (AvgIpc) is 2.79. The quantitative estimate of drug-likeness (QED) is 0.653. The van der Waals surface area contributed by atoms with Crippen molar-refractivity contribution in [3.05, 3.63) is 35.1 Å². The Kier molecular flexibility index (Phi) is 3.75. The van der Waals surface area contributed by atoms with E-state index in [0.717, 1.165) is 18.4 Å². The topological polar surface area (TPSA) is 13.1 Å². The van der Waals surface area contributed by atoms with Gasteiger partial charge in [-0.05, 0) is 47.8 Å². The number of hydrogen-bond acceptors (Lipinski definition) is 1. The Hall–Kier alpha value is -1.24. The third kappa shape index (κ3) is 2.39. The van der Waals surface area contributed by atoms with Crippen molar-refractivity contribution in [1.29, 1.82) is 0 Å². The normalized spacial score (nSPS) is 13.2. The fourth-order valence-corrected chi connectivity index (χ4v) is 2.55. The van der Waals surface area contributed by atoms with Gasteiger partial charge in [0.25, 0.3) is 0 Å². The summed E-state index contributed by atoms with van der Waals surface area (Å²) in [6.07, 6.45) is 4.14. The van der Waals surface area contributed by atoms with Crippen molar-refractivity contribution in [2.75, 3.05) is 0 Å². The summed E-state index contributed by atoms with van der Waals surface area (Å²) in [7, 11) is 0. The summed E-state index contributed by atoms with van der Waals surface area (Å²) in [4.78, 5) is 0. The molecule has 0 saturated carbocycles. The molecule has 110 valence electrons. The highest BCUT2D eigenvalue weighted by atomic mass is 16.3. The standard InChI is InChI=1S/C19H28O/c1-8-18(4,5)14-10-15-13(3)12-20-17(15)16(11-14)19(6,7)9-2/h10-12H,8-9H2,1-7H3. The molecule has 2 rings (SSSR count). The van der Waals surface area contributed by atoms with Gasteiger partial charge in [-0.1, -0.05) is 47.6 Å². The summed E-state index contributed by atoms with van der Waals surface area (Å²) in [5.74, 6) is 0. The van der Waals surface area contributed by atoms with Crippen LogP contribution in [0.25, 0.3) is 11.0 Å². The number of benzene rings is 1. The molecule has 0 atom stereocenters. The van der Waals surface area contributed by atoms with Gasteiger partial charge in [0.05, 0.1) is 6.26 Å². The van der Waals surface area contributed by atoms with Crippen molar-refractivity contribution in [3.63, 3.8) is 0 Å². The summed E-state index contributed by atoms with van der Waals surface area (Å²) in [5.41, 5.74) is 5.43. The van der Waals surface area contributed by atoms with Gasteiger partial charge >= 0.3 is 0 Å². The van der Waals surface area contributed by atoms with E-state index >= 15 is 0 Å². The Labute approximate surface area is 123 Å². The Morgan fingerprint density at radius 3 is 2.10 bits per heavy atom. The van der Waals surface area contributed by atoms with Crippen LogP contribution in [-0.4, -0.2) is 0 Å². The number of rotatable bonds is 4. The maximum atomic E-state index is 5.87. The zero-order valence-electron chi connectivity index (χ0n) is 14.1. The van der Waals surface area contributed by atoms with E-state index < -0.39 is 0 Å². The maximum absolute atomic E-state index is 5.87. The van der Waals surface area contributed by atoms with Crippen LogP contribution in [0.3, 0.4) is 0 Å². The van der Waals surface area contributed by atoms with Crippen molar-refractivity contribution in [2.45, 2.75) is 72.1 Å². The molecule has 1 nitrogen and oxygen atoms in total. The van der Waals surface area contributed by atoms with Crippen molar-refractivity contribution in [3.8, 4) is 0 Å². The number of fused-ring (bicyclic) bond motifs is 1. The van der Waals surface area contributed by atoms with Crippen LogP contribution in [0.2, 0.25) is 0 Å². The average molecular weight is 272 g/mol. The molecule has 0 aliphatic carbocycles. The fourth-order valence-electron chi connectivity index (χ4n) is 2.55. The van der Waals surface area contributed by atoms with E-state index in [2.05, 4.69) is 60.6 Å². The van der Waals surface area contributed by atoms with Crippen LogP contribution >= 0.6 is 0 Å². The summed E-state index contributed by atoms with van der Waals surface area (Å²) >= 11 is 0. The van der Waals surface area contributed by atoms with Gasteiger partial charge in [-0.3, -0.25) is 0 Å². The lowest BCUT2D eigenvalue weighted by Gasteiger charge is -2.29. The first-order valence-electron chi connectivity index (χ1n) is 7.75. The maximum Gasteiger partial charge on any atom is 0.137 e. The molecule has 0 spiro atoms. The van der Waals surface area contributed by atoms with Crippen molar-refractivity contribution in [1.82, 2.24) is 0 Å². The SMILES string of the molecule is CCC(C)(C)c1cc(C(C)(C)CC)c2occ(C)c2c1. The van der Waals surface area contributed by atoms with Crippen LogP contribution in [0.1, 0.15) is 71.1 Å². The molecule has 1 aromatic carbocycles. The summed E-state index contributed by atoms with van der Waals surface area (Å²) in [6, 6.07) is 4.70. The smallest absolute Gasteiger partial charge is 0.137 e. The van der Waals surface area contributed by atoms with E-state index in [-0.39, 0.29) is 10.8 Å². The van der Waals surface area contributed by atoms with Gasteiger partial charge in [0, 0.05) is 10.9 Å². The first-order valence-corrected chi connectivity index (χ1v) is 7.75. The Morgan fingerprint density at radius 1 is 0.950 bits per heavy atom. The lowest BCUT2D eigenvalue weighted by molar-refractivity contribution is 0.483. The highest BCUT2D eigenvalue weighted by molar-refractivity contribution is 5.85. The summed E-state index contributed by atoms with van der Waals surface area (Å²) in [6.45, 7) is 15.9.